The van der Waals surface area contributed by atoms with Crippen molar-refractivity contribution < 1.29 is 0 Å². The third-order valence-corrected chi connectivity index (χ3v) is 11.3. The van der Waals surface area contributed by atoms with Gasteiger partial charge in [-0.3, -0.25) is 0 Å². The first-order valence-electron chi connectivity index (χ1n) is 18.3. The van der Waals surface area contributed by atoms with Gasteiger partial charge in [-0.2, -0.15) is 0 Å². The molecule has 2 atom stereocenters. The van der Waals surface area contributed by atoms with Gasteiger partial charge < -0.3 is 0 Å². The predicted octanol–water partition coefficient (Wildman–Crippen LogP) is 12.6. The topological polar surface area (TPSA) is 51.6 Å². The van der Waals surface area contributed by atoms with Crippen molar-refractivity contribution in [2.75, 3.05) is 0 Å². The smallest absolute Gasteiger partial charge is 0.163 e. The molecule has 0 aliphatic heterocycles. The minimum absolute atomic E-state index is 0.298. The summed E-state index contributed by atoms with van der Waals surface area (Å²) >= 11 is 1.74. The van der Waals surface area contributed by atoms with Crippen LogP contribution in [0.3, 0.4) is 0 Å². The number of para-hydroxylation sites is 1. The number of hydrogen-bond donors (Lipinski definition) is 0. The summed E-state index contributed by atoms with van der Waals surface area (Å²) in [6.45, 7) is 4.43. The van der Waals surface area contributed by atoms with Crippen LogP contribution in [-0.2, 0) is 5.41 Å². The first-order chi connectivity index (χ1) is 26.0. The first-order valence-corrected chi connectivity index (χ1v) is 19.1. The molecule has 0 radical (unpaired) electrons. The van der Waals surface area contributed by atoms with E-state index in [4.69, 9.17) is 19.9 Å². The van der Waals surface area contributed by atoms with E-state index in [2.05, 4.69) is 178 Å². The zero-order valence-corrected chi connectivity index (χ0v) is 30.6. The number of allylic oxidation sites excluding steroid dienone is 8. The van der Waals surface area contributed by atoms with Crippen LogP contribution in [0.1, 0.15) is 38.3 Å². The molecule has 0 saturated carbocycles. The van der Waals surface area contributed by atoms with Crippen molar-refractivity contribution in [3.63, 3.8) is 0 Å². The minimum Gasteiger partial charge on any atom is -0.235 e. The Morgan fingerprint density at radius 2 is 1.30 bits per heavy atom. The Bertz CT molecular complexity index is 2520. The molecular formula is C48H38N4S. The van der Waals surface area contributed by atoms with Crippen molar-refractivity contribution >= 4 is 27.1 Å². The lowest BCUT2D eigenvalue weighted by molar-refractivity contribution is 0.552. The largest absolute Gasteiger partial charge is 0.235 e. The van der Waals surface area contributed by atoms with Gasteiger partial charge in [-0.1, -0.05) is 147 Å². The molecule has 2 aliphatic rings. The van der Waals surface area contributed by atoms with E-state index in [1.807, 2.05) is 0 Å². The standard InChI is InChI=1S/C48H38N4S/c1-32-19-21-36(22-20-32)44-50-45(52-47(51-44)48(2)27-10-5-11-28-48)37-25-23-35(24-26-37)41-17-12-18-42-43(41)49-46(53-42)40-30-38(33-13-6-3-7-14-33)29-39(31-40)34-15-8-4-9-16-34/h3-19,21-27,29-32H,20,28H2,1-2H3. The maximum absolute atomic E-state index is 5.31. The molecule has 2 aliphatic carbocycles. The summed E-state index contributed by atoms with van der Waals surface area (Å²) in [5.74, 6) is 2.73. The molecule has 2 unspecified atom stereocenters. The van der Waals surface area contributed by atoms with Gasteiger partial charge in [-0.15, -0.1) is 11.3 Å². The first kappa shape index (κ1) is 32.8. The molecule has 0 amide bonds. The number of fused-ring (bicyclic) bond motifs is 1. The van der Waals surface area contributed by atoms with Crippen LogP contribution < -0.4 is 0 Å². The van der Waals surface area contributed by atoms with Gasteiger partial charge in [0.25, 0.3) is 0 Å². The summed E-state index contributed by atoms with van der Waals surface area (Å²) < 4.78 is 1.16. The van der Waals surface area contributed by atoms with E-state index in [0.29, 0.717) is 11.7 Å². The maximum atomic E-state index is 5.31. The van der Waals surface area contributed by atoms with Crippen molar-refractivity contribution in [2.24, 2.45) is 5.92 Å². The Morgan fingerprint density at radius 3 is 1.96 bits per heavy atom. The van der Waals surface area contributed by atoms with Gasteiger partial charge in [0, 0.05) is 27.7 Å². The van der Waals surface area contributed by atoms with Crippen LogP contribution in [0.15, 0.2) is 164 Å². The summed E-state index contributed by atoms with van der Waals surface area (Å²) in [6, 6.07) is 43.1. The number of thiazole rings is 1. The SMILES string of the molecule is CC1C=CC(c2nc(-c3ccc(-c4cccc5sc(-c6cc(-c7ccccc7)cc(-c7ccccc7)c6)nc45)cc3)nc(C3(C)C=CC=CC3)n2)=CC1. The Kier molecular flexibility index (Phi) is 8.57. The number of benzene rings is 5. The molecular weight excluding hydrogens is 665 g/mol. The van der Waals surface area contributed by atoms with Crippen molar-refractivity contribution in [1.82, 2.24) is 19.9 Å². The molecule has 4 nitrogen and oxygen atoms in total. The Labute approximate surface area is 314 Å². The zero-order valence-electron chi connectivity index (χ0n) is 29.8. The van der Waals surface area contributed by atoms with Crippen LogP contribution in [0.4, 0.5) is 0 Å². The second kappa shape index (κ2) is 13.8. The zero-order chi connectivity index (χ0) is 35.8. The summed E-state index contributed by atoms with van der Waals surface area (Å²) in [7, 11) is 0. The lowest BCUT2D eigenvalue weighted by Crippen LogP contribution is -2.24. The molecule has 0 spiro atoms. The second-order valence-electron chi connectivity index (χ2n) is 14.2. The van der Waals surface area contributed by atoms with Gasteiger partial charge in [0.15, 0.2) is 11.6 Å². The summed E-state index contributed by atoms with van der Waals surface area (Å²) in [4.78, 5) is 20.5. The fourth-order valence-corrected chi connectivity index (χ4v) is 8.11. The number of rotatable bonds is 7. The Hall–Kier alpha value is -6.04. The van der Waals surface area contributed by atoms with E-state index in [0.717, 1.165) is 67.5 Å². The Morgan fingerprint density at radius 1 is 0.623 bits per heavy atom. The van der Waals surface area contributed by atoms with Crippen LogP contribution in [0.5, 0.6) is 0 Å². The molecule has 5 heteroatoms. The average Bonchev–Trinajstić information content (AvgIpc) is 3.67. The summed E-state index contributed by atoms with van der Waals surface area (Å²) in [6.07, 6.45) is 17.0. The molecule has 53 heavy (non-hydrogen) atoms. The van der Waals surface area contributed by atoms with Gasteiger partial charge >= 0.3 is 0 Å². The molecule has 256 valence electrons. The highest BCUT2D eigenvalue weighted by atomic mass is 32.1. The van der Waals surface area contributed by atoms with Crippen LogP contribution in [0.25, 0.3) is 71.1 Å². The minimum atomic E-state index is -0.298. The third-order valence-electron chi connectivity index (χ3n) is 10.2. The van der Waals surface area contributed by atoms with Crippen LogP contribution in [0, 0.1) is 5.92 Å². The van der Waals surface area contributed by atoms with Gasteiger partial charge in [-0.05, 0) is 77.8 Å². The third kappa shape index (κ3) is 6.61. The van der Waals surface area contributed by atoms with Gasteiger partial charge in [0.2, 0.25) is 0 Å². The van der Waals surface area contributed by atoms with Crippen molar-refractivity contribution in [2.45, 2.75) is 32.1 Å². The fraction of sp³-hybridized carbons (Fsp3) is 0.125. The highest BCUT2D eigenvalue weighted by molar-refractivity contribution is 7.21. The average molecular weight is 703 g/mol. The van der Waals surface area contributed by atoms with Crippen LogP contribution in [-0.4, -0.2) is 19.9 Å². The monoisotopic (exact) mass is 702 g/mol. The number of aromatic nitrogens is 4. The molecule has 5 aromatic carbocycles. The normalized spacial score (nSPS) is 18.0. The van der Waals surface area contributed by atoms with Crippen LogP contribution in [0.2, 0.25) is 0 Å². The second-order valence-corrected chi connectivity index (χ2v) is 15.3. The molecule has 7 aromatic rings. The molecule has 2 heterocycles. The molecule has 0 bridgehead atoms. The maximum Gasteiger partial charge on any atom is 0.163 e. The fourth-order valence-electron chi connectivity index (χ4n) is 7.13. The van der Waals surface area contributed by atoms with E-state index in [9.17, 15) is 0 Å². The number of nitrogens with zero attached hydrogens (tertiary/aromatic N) is 4. The molecule has 2 aromatic heterocycles. The van der Waals surface area contributed by atoms with E-state index < -0.39 is 0 Å². The van der Waals surface area contributed by atoms with Crippen molar-refractivity contribution in [1.29, 1.82) is 0 Å². The van der Waals surface area contributed by atoms with Crippen molar-refractivity contribution in [3.8, 4) is 55.3 Å². The van der Waals surface area contributed by atoms with E-state index in [-0.39, 0.29) is 5.41 Å². The van der Waals surface area contributed by atoms with Crippen LogP contribution >= 0.6 is 11.3 Å². The lowest BCUT2D eigenvalue weighted by Gasteiger charge is -2.25. The van der Waals surface area contributed by atoms with E-state index in [1.165, 1.54) is 22.3 Å². The highest BCUT2D eigenvalue weighted by Crippen LogP contribution is 2.40. The van der Waals surface area contributed by atoms with Gasteiger partial charge in [0.05, 0.1) is 10.2 Å². The highest BCUT2D eigenvalue weighted by Gasteiger charge is 2.29. The summed E-state index contributed by atoms with van der Waals surface area (Å²) in [5.41, 5.74) is 10.8. The van der Waals surface area contributed by atoms with Crippen molar-refractivity contribution in [3.05, 3.63) is 176 Å². The molecule has 0 saturated heterocycles. The Balaban J connectivity index is 1.09. The molecule has 0 fully saturated rings. The summed E-state index contributed by atoms with van der Waals surface area (Å²) in [5, 5.41) is 1.00. The van der Waals surface area contributed by atoms with E-state index in [1.54, 1.807) is 11.3 Å². The van der Waals surface area contributed by atoms with E-state index >= 15 is 0 Å². The predicted molar refractivity (Wildman–Crippen MR) is 221 cm³/mol. The van der Waals surface area contributed by atoms with Gasteiger partial charge in [-0.25, -0.2) is 19.9 Å². The molecule has 0 N–H and O–H groups in total. The lowest BCUT2D eigenvalue weighted by atomic mass is 9.83. The molecule has 9 rings (SSSR count). The number of hydrogen-bond acceptors (Lipinski definition) is 5. The van der Waals surface area contributed by atoms with Gasteiger partial charge in [0.1, 0.15) is 10.8 Å². The quantitative estimate of drug-likeness (QED) is 0.166.